The van der Waals surface area contributed by atoms with Crippen LogP contribution in [0.25, 0.3) is 0 Å². The van der Waals surface area contributed by atoms with Crippen LogP contribution in [0.4, 0.5) is 0 Å². The van der Waals surface area contributed by atoms with Gasteiger partial charge in [-0.15, -0.1) is 0 Å². The molecular weight excluding hydrogens is 406 g/mol. The predicted molar refractivity (Wildman–Crippen MR) is 126 cm³/mol. The lowest BCUT2D eigenvalue weighted by atomic mass is 10.1. The van der Waals surface area contributed by atoms with Crippen molar-refractivity contribution in [3.05, 3.63) is 82.7 Å². The highest BCUT2D eigenvalue weighted by Gasteiger charge is 2.10. The Bertz CT molecular complexity index is 968. The predicted octanol–water partition coefficient (Wildman–Crippen LogP) is 4.69. The van der Waals surface area contributed by atoms with Gasteiger partial charge in [-0.05, 0) is 61.8 Å². The van der Waals surface area contributed by atoms with Gasteiger partial charge in [0.1, 0.15) is 12.4 Å². The van der Waals surface area contributed by atoms with Crippen molar-refractivity contribution in [2.75, 3.05) is 12.8 Å². The van der Waals surface area contributed by atoms with E-state index in [0.29, 0.717) is 26.0 Å². The molecule has 0 aliphatic rings. The maximum absolute atomic E-state index is 12.3. The third-order valence-corrected chi connectivity index (χ3v) is 5.64. The van der Waals surface area contributed by atoms with Crippen LogP contribution in [0.5, 0.6) is 5.75 Å². The Kier molecular flexibility index (Phi) is 8.47. The molecule has 0 atom stereocenters. The summed E-state index contributed by atoms with van der Waals surface area (Å²) in [5.74, 6) is 0.896. The summed E-state index contributed by atoms with van der Waals surface area (Å²) in [5.41, 5.74) is 5.30. The Morgan fingerprint density at radius 1 is 0.935 bits per heavy atom. The quantitative estimate of drug-likeness (QED) is 0.370. The molecule has 3 rings (SSSR count). The fourth-order valence-electron chi connectivity index (χ4n) is 3.33. The molecule has 2 aromatic carbocycles. The molecule has 162 valence electrons. The number of hydrogen-bond donors (Lipinski definition) is 1. The van der Waals surface area contributed by atoms with Crippen LogP contribution in [0.2, 0.25) is 0 Å². The molecule has 0 unspecified atom stereocenters. The lowest BCUT2D eigenvalue weighted by Crippen LogP contribution is -2.26. The molecule has 1 aromatic heterocycles. The second-order valence-corrected chi connectivity index (χ2v) is 8.15. The Labute approximate surface area is 188 Å². The molecule has 0 saturated heterocycles. The van der Waals surface area contributed by atoms with Crippen molar-refractivity contribution in [1.29, 1.82) is 0 Å². The van der Waals surface area contributed by atoms with Crippen molar-refractivity contribution in [2.45, 2.75) is 44.9 Å². The number of benzene rings is 2. The van der Waals surface area contributed by atoms with E-state index in [1.54, 1.807) is 0 Å². The average Bonchev–Trinajstić information content (AvgIpc) is 2.78. The summed E-state index contributed by atoms with van der Waals surface area (Å²) >= 11 is 1.53. The van der Waals surface area contributed by atoms with Crippen LogP contribution in [0, 0.1) is 13.8 Å². The summed E-state index contributed by atoms with van der Waals surface area (Å²) in [4.78, 5) is 21.2. The minimum atomic E-state index is 0.0514. The molecule has 0 radical (unpaired) electrons. The second-order valence-electron chi connectivity index (χ2n) is 7.38. The minimum Gasteiger partial charge on any atom is -0.489 e. The SMILES string of the molecule is CSc1nc(C)c(CCC(=O)NCCc2ccc(OCc3ccccc3)cc2)c(C)n1. The topological polar surface area (TPSA) is 64.1 Å². The number of amides is 1. The maximum Gasteiger partial charge on any atom is 0.220 e. The zero-order valence-corrected chi connectivity index (χ0v) is 19.2. The van der Waals surface area contributed by atoms with Crippen molar-refractivity contribution >= 4 is 17.7 Å². The number of rotatable bonds is 10. The maximum atomic E-state index is 12.3. The first-order chi connectivity index (χ1) is 15.0. The zero-order valence-electron chi connectivity index (χ0n) is 18.4. The number of aromatic nitrogens is 2. The first kappa shape index (κ1) is 22.8. The minimum absolute atomic E-state index is 0.0514. The number of nitrogens with zero attached hydrogens (tertiary/aromatic N) is 2. The number of thioether (sulfide) groups is 1. The summed E-state index contributed by atoms with van der Waals surface area (Å²) in [6.45, 7) is 5.13. The molecule has 0 fully saturated rings. The Morgan fingerprint density at radius 2 is 1.61 bits per heavy atom. The summed E-state index contributed by atoms with van der Waals surface area (Å²) < 4.78 is 5.82. The monoisotopic (exact) mass is 435 g/mol. The van der Waals surface area contributed by atoms with Gasteiger partial charge in [0, 0.05) is 24.4 Å². The zero-order chi connectivity index (χ0) is 22.1. The van der Waals surface area contributed by atoms with Gasteiger partial charge < -0.3 is 10.1 Å². The molecule has 1 N–H and O–H groups in total. The Morgan fingerprint density at radius 3 is 2.26 bits per heavy atom. The van der Waals surface area contributed by atoms with Gasteiger partial charge in [0.2, 0.25) is 5.91 Å². The van der Waals surface area contributed by atoms with E-state index in [9.17, 15) is 4.79 Å². The number of aryl methyl sites for hydroxylation is 2. The van der Waals surface area contributed by atoms with Gasteiger partial charge in [-0.2, -0.15) is 0 Å². The van der Waals surface area contributed by atoms with Crippen molar-refractivity contribution in [2.24, 2.45) is 0 Å². The Hall–Kier alpha value is -2.86. The van der Waals surface area contributed by atoms with Crippen LogP contribution in [0.15, 0.2) is 59.8 Å². The van der Waals surface area contributed by atoms with Gasteiger partial charge in [0.05, 0.1) is 0 Å². The van der Waals surface area contributed by atoms with Gasteiger partial charge in [-0.1, -0.05) is 54.2 Å². The van der Waals surface area contributed by atoms with Gasteiger partial charge in [0.15, 0.2) is 5.16 Å². The number of carbonyl (C=O) groups excluding carboxylic acids is 1. The van der Waals surface area contributed by atoms with Crippen molar-refractivity contribution in [1.82, 2.24) is 15.3 Å². The lowest BCUT2D eigenvalue weighted by Gasteiger charge is -2.10. The normalized spacial score (nSPS) is 10.7. The van der Waals surface area contributed by atoms with E-state index in [1.165, 1.54) is 17.3 Å². The summed E-state index contributed by atoms with van der Waals surface area (Å²) in [6.07, 6.45) is 3.85. The Balaban J connectivity index is 1.39. The summed E-state index contributed by atoms with van der Waals surface area (Å²) in [5, 5.41) is 3.79. The van der Waals surface area contributed by atoms with E-state index in [-0.39, 0.29) is 5.91 Å². The van der Waals surface area contributed by atoms with E-state index in [2.05, 4.69) is 15.3 Å². The highest BCUT2D eigenvalue weighted by atomic mass is 32.2. The summed E-state index contributed by atoms with van der Waals surface area (Å²) in [6, 6.07) is 18.1. The van der Waals surface area contributed by atoms with E-state index >= 15 is 0 Å². The largest absolute Gasteiger partial charge is 0.489 e. The fourth-order valence-corrected chi connectivity index (χ4v) is 3.78. The molecule has 0 aliphatic heterocycles. The molecule has 5 nitrogen and oxygen atoms in total. The van der Waals surface area contributed by atoms with Crippen LogP contribution >= 0.6 is 11.8 Å². The second kappa shape index (κ2) is 11.5. The van der Waals surface area contributed by atoms with Gasteiger partial charge in [0.25, 0.3) is 0 Å². The van der Waals surface area contributed by atoms with E-state index < -0.39 is 0 Å². The van der Waals surface area contributed by atoms with Crippen LogP contribution in [-0.2, 0) is 24.2 Å². The molecule has 0 bridgehead atoms. The molecule has 0 spiro atoms. The highest BCUT2D eigenvalue weighted by molar-refractivity contribution is 7.98. The number of carbonyl (C=O) groups is 1. The van der Waals surface area contributed by atoms with Crippen molar-refractivity contribution < 1.29 is 9.53 Å². The molecule has 6 heteroatoms. The summed E-state index contributed by atoms with van der Waals surface area (Å²) in [7, 11) is 0. The molecule has 0 aliphatic carbocycles. The van der Waals surface area contributed by atoms with Crippen LogP contribution in [-0.4, -0.2) is 28.7 Å². The molecular formula is C25H29N3O2S. The van der Waals surface area contributed by atoms with Gasteiger partial charge >= 0.3 is 0 Å². The molecule has 3 aromatic rings. The number of nitrogens with one attached hydrogen (secondary N) is 1. The number of hydrogen-bond acceptors (Lipinski definition) is 5. The third kappa shape index (κ3) is 7.10. The first-order valence-electron chi connectivity index (χ1n) is 10.5. The van der Waals surface area contributed by atoms with E-state index in [4.69, 9.17) is 4.74 Å². The smallest absolute Gasteiger partial charge is 0.220 e. The van der Waals surface area contributed by atoms with Crippen LogP contribution in [0.1, 0.15) is 34.5 Å². The van der Waals surface area contributed by atoms with E-state index in [1.807, 2.05) is 74.7 Å². The molecule has 31 heavy (non-hydrogen) atoms. The van der Waals surface area contributed by atoms with Crippen molar-refractivity contribution in [3.8, 4) is 5.75 Å². The van der Waals surface area contributed by atoms with E-state index in [0.717, 1.165) is 39.8 Å². The average molecular weight is 436 g/mol. The lowest BCUT2D eigenvalue weighted by molar-refractivity contribution is -0.121. The highest BCUT2D eigenvalue weighted by Crippen LogP contribution is 2.17. The van der Waals surface area contributed by atoms with Gasteiger partial charge in [-0.25, -0.2) is 9.97 Å². The van der Waals surface area contributed by atoms with Crippen LogP contribution < -0.4 is 10.1 Å². The number of ether oxygens (including phenoxy) is 1. The standard InChI is InChI=1S/C25H29N3O2S/c1-18-23(19(2)28-25(27-18)31-3)13-14-24(29)26-16-15-20-9-11-22(12-10-20)30-17-21-7-5-4-6-8-21/h4-12H,13-17H2,1-3H3,(H,26,29). The molecule has 1 amide bonds. The van der Waals surface area contributed by atoms with Crippen molar-refractivity contribution in [3.63, 3.8) is 0 Å². The van der Waals surface area contributed by atoms with Crippen LogP contribution in [0.3, 0.4) is 0 Å². The molecule has 0 saturated carbocycles. The third-order valence-electron chi connectivity index (χ3n) is 5.09. The first-order valence-corrected chi connectivity index (χ1v) is 11.7. The molecule has 1 heterocycles. The fraction of sp³-hybridized carbons (Fsp3) is 0.320. The van der Waals surface area contributed by atoms with Gasteiger partial charge in [-0.3, -0.25) is 4.79 Å².